The monoisotopic (exact) mass is 271 g/mol. The van der Waals surface area contributed by atoms with Crippen LogP contribution >= 0.6 is 23.4 Å². The Morgan fingerprint density at radius 1 is 1.47 bits per heavy atom. The highest BCUT2D eigenvalue weighted by molar-refractivity contribution is 7.99. The molecule has 94 valence electrons. The van der Waals surface area contributed by atoms with Crippen LogP contribution in [-0.2, 0) is 4.74 Å². The first kappa shape index (κ1) is 13.2. The Hall–Kier alpha value is -0.220. The third kappa shape index (κ3) is 4.88. The molecular formula is C13H18ClNOS. The van der Waals surface area contributed by atoms with Crippen molar-refractivity contribution in [3.05, 3.63) is 29.3 Å². The van der Waals surface area contributed by atoms with Crippen molar-refractivity contribution in [2.24, 2.45) is 0 Å². The Bertz CT molecular complexity index is 342. The predicted molar refractivity (Wildman–Crippen MR) is 74.0 cm³/mol. The zero-order chi connectivity index (χ0) is 11.9. The summed E-state index contributed by atoms with van der Waals surface area (Å²) in [5, 5.41) is 4.24. The first-order chi connectivity index (χ1) is 8.34. The third-order valence-electron chi connectivity index (χ3n) is 2.74. The molecule has 0 radical (unpaired) electrons. The van der Waals surface area contributed by atoms with Crippen LogP contribution in [0.3, 0.4) is 0 Å². The number of halogens is 1. The number of ether oxygens (including phenoxy) is 1. The smallest absolute Gasteiger partial charge is 0.0700 e. The molecule has 1 saturated heterocycles. The van der Waals surface area contributed by atoms with Crippen molar-refractivity contribution in [1.82, 2.24) is 5.32 Å². The molecule has 0 bridgehead atoms. The SMILES string of the molecule is Clc1cccc(SCCNCC2CCCO2)c1. The van der Waals surface area contributed by atoms with Crippen molar-refractivity contribution in [3.8, 4) is 0 Å². The standard InChI is InChI=1S/C13H18ClNOS/c14-11-3-1-5-13(9-11)17-8-6-15-10-12-4-2-7-16-12/h1,3,5,9,12,15H,2,4,6-8,10H2. The number of thioether (sulfide) groups is 1. The maximum atomic E-state index is 5.93. The van der Waals surface area contributed by atoms with Gasteiger partial charge >= 0.3 is 0 Å². The molecule has 0 amide bonds. The van der Waals surface area contributed by atoms with Gasteiger partial charge in [-0.1, -0.05) is 17.7 Å². The minimum absolute atomic E-state index is 0.436. The van der Waals surface area contributed by atoms with Gasteiger partial charge in [-0.2, -0.15) is 0 Å². The summed E-state index contributed by atoms with van der Waals surface area (Å²) in [6, 6.07) is 7.99. The number of benzene rings is 1. The fourth-order valence-electron chi connectivity index (χ4n) is 1.87. The first-order valence-corrected chi connectivity index (χ1v) is 7.41. The van der Waals surface area contributed by atoms with E-state index in [1.54, 1.807) is 0 Å². The normalized spacial score (nSPS) is 19.7. The van der Waals surface area contributed by atoms with Crippen molar-refractivity contribution < 1.29 is 4.74 Å². The molecule has 0 aromatic heterocycles. The fourth-order valence-corrected chi connectivity index (χ4v) is 2.99. The molecule has 1 heterocycles. The maximum Gasteiger partial charge on any atom is 0.0700 e. The van der Waals surface area contributed by atoms with Crippen molar-refractivity contribution in [2.75, 3.05) is 25.4 Å². The summed E-state index contributed by atoms with van der Waals surface area (Å²) >= 11 is 7.75. The van der Waals surface area contributed by atoms with E-state index in [1.807, 2.05) is 30.0 Å². The summed E-state index contributed by atoms with van der Waals surface area (Å²) < 4.78 is 5.55. The Morgan fingerprint density at radius 3 is 3.18 bits per heavy atom. The summed E-state index contributed by atoms with van der Waals surface area (Å²) in [4.78, 5) is 1.23. The second kappa shape index (κ2) is 7.27. The zero-order valence-electron chi connectivity index (χ0n) is 9.82. The molecule has 1 aromatic rings. The van der Waals surface area contributed by atoms with Gasteiger partial charge in [0.1, 0.15) is 0 Å². The molecule has 1 unspecified atom stereocenters. The molecule has 4 heteroatoms. The van der Waals surface area contributed by atoms with E-state index in [0.29, 0.717) is 6.10 Å². The largest absolute Gasteiger partial charge is 0.377 e. The second-order valence-electron chi connectivity index (χ2n) is 4.14. The van der Waals surface area contributed by atoms with Crippen LogP contribution in [0.1, 0.15) is 12.8 Å². The molecule has 1 aliphatic heterocycles. The topological polar surface area (TPSA) is 21.3 Å². The van der Waals surface area contributed by atoms with E-state index in [1.165, 1.54) is 17.7 Å². The molecule has 17 heavy (non-hydrogen) atoms. The Kier molecular flexibility index (Phi) is 5.65. The van der Waals surface area contributed by atoms with E-state index in [-0.39, 0.29) is 0 Å². The lowest BCUT2D eigenvalue weighted by atomic mass is 10.2. The van der Waals surface area contributed by atoms with E-state index >= 15 is 0 Å². The van der Waals surface area contributed by atoms with Crippen molar-refractivity contribution in [1.29, 1.82) is 0 Å². The van der Waals surface area contributed by atoms with Crippen LogP contribution in [0.2, 0.25) is 5.02 Å². The molecule has 2 rings (SSSR count). The van der Waals surface area contributed by atoms with Crippen LogP contribution < -0.4 is 5.32 Å². The molecule has 1 atom stereocenters. The highest BCUT2D eigenvalue weighted by Crippen LogP contribution is 2.20. The van der Waals surface area contributed by atoms with Crippen LogP contribution in [-0.4, -0.2) is 31.6 Å². The van der Waals surface area contributed by atoms with Gasteiger partial charge in [0.25, 0.3) is 0 Å². The Labute approximate surface area is 112 Å². The minimum atomic E-state index is 0.436. The molecule has 0 saturated carbocycles. The highest BCUT2D eigenvalue weighted by atomic mass is 35.5. The maximum absolute atomic E-state index is 5.93. The Balaban J connectivity index is 1.56. The van der Waals surface area contributed by atoms with Crippen molar-refractivity contribution >= 4 is 23.4 Å². The average molecular weight is 272 g/mol. The first-order valence-electron chi connectivity index (χ1n) is 6.05. The molecule has 1 aliphatic rings. The predicted octanol–water partition coefficient (Wildman–Crippen LogP) is 3.20. The molecule has 0 spiro atoms. The van der Waals surface area contributed by atoms with E-state index < -0.39 is 0 Å². The summed E-state index contributed by atoms with van der Waals surface area (Å²) in [6.45, 7) is 2.93. The lowest BCUT2D eigenvalue weighted by Crippen LogP contribution is -2.27. The van der Waals surface area contributed by atoms with Crippen molar-refractivity contribution in [3.63, 3.8) is 0 Å². The van der Waals surface area contributed by atoms with E-state index in [0.717, 1.165) is 30.5 Å². The number of hydrogen-bond donors (Lipinski definition) is 1. The van der Waals surface area contributed by atoms with Gasteiger partial charge in [-0.05, 0) is 31.0 Å². The highest BCUT2D eigenvalue weighted by Gasteiger charge is 2.13. The molecule has 1 aromatic carbocycles. The summed E-state index contributed by atoms with van der Waals surface area (Å²) in [5.41, 5.74) is 0. The lowest BCUT2D eigenvalue weighted by Gasteiger charge is -2.10. The van der Waals surface area contributed by atoms with Crippen LogP contribution in [0.5, 0.6) is 0 Å². The Morgan fingerprint density at radius 2 is 2.41 bits per heavy atom. The van der Waals surface area contributed by atoms with Crippen LogP contribution in [0.25, 0.3) is 0 Å². The number of nitrogens with one attached hydrogen (secondary N) is 1. The minimum Gasteiger partial charge on any atom is -0.377 e. The quantitative estimate of drug-likeness (QED) is 0.634. The summed E-state index contributed by atoms with van der Waals surface area (Å²) in [6.07, 6.45) is 2.85. The van der Waals surface area contributed by atoms with Crippen LogP contribution in [0.15, 0.2) is 29.2 Å². The van der Waals surface area contributed by atoms with Gasteiger partial charge in [-0.15, -0.1) is 11.8 Å². The van der Waals surface area contributed by atoms with Gasteiger partial charge in [-0.25, -0.2) is 0 Å². The van der Waals surface area contributed by atoms with Gasteiger partial charge in [0, 0.05) is 35.4 Å². The molecule has 1 N–H and O–H groups in total. The van der Waals surface area contributed by atoms with Crippen molar-refractivity contribution in [2.45, 2.75) is 23.8 Å². The van der Waals surface area contributed by atoms with E-state index in [2.05, 4.69) is 11.4 Å². The molecule has 1 fully saturated rings. The number of rotatable bonds is 6. The van der Waals surface area contributed by atoms with E-state index in [9.17, 15) is 0 Å². The second-order valence-corrected chi connectivity index (χ2v) is 5.75. The fraction of sp³-hybridized carbons (Fsp3) is 0.538. The van der Waals surface area contributed by atoms with Crippen LogP contribution in [0.4, 0.5) is 0 Å². The van der Waals surface area contributed by atoms with Gasteiger partial charge in [-0.3, -0.25) is 0 Å². The van der Waals surface area contributed by atoms with Gasteiger partial charge in [0.2, 0.25) is 0 Å². The number of hydrogen-bond acceptors (Lipinski definition) is 3. The zero-order valence-corrected chi connectivity index (χ0v) is 11.4. The van der Waals surface area contributed by atoms with Crippen LogP contribution in [0, 0.1) is 0 Å². The summed E-state index contributed by atoms with van der Waals surface area (Å²) in [7, 11) is 0. The summed E-state index contributed by atoms with van der Waals surface area (Å²) in [5.74, 6) is 1.06. The molecular weight excluding hydrogens is 254 g/mol. The third-order valence-corrected chi connectivity index (χ3v) is 3.97. The van der Waals surface area contributed by atoms with E-state index in [4.69, 9.17) is 16.3 Å². The average Bonchev–Trinajstić information content (AvgIpc) is 2.82. The molecule has 0 aliphatic carbocycles. The molecule has 2 nitrogen and oxygen atoms in total. The van der Waals surface area contributed by atoms with Gasteiger partial charge in [0.05, 0.1) is 6.10 Å². The van der Waals surface area contributed by atoms with Gasteiger partial charge < -0.3 is 10.1 Å². The van der Waals surface area contributed by atoms with Gasteiger partial charge in [0.15, 0.2) is 0 Å². The lowest BCUT2D eigenvalue weighted by molar-refractivity contribution is 0.110.